The highest BCUT2D eigenvalue weighted by atomic mass is 35.5. The van der Waals surface area contributed by atoms with Crippen molar-refractivity contribution in [1.82, 2.24) is 15.5 Å². The molecule has 0 saturated heterocycles. The van der Waals surface area contributed by atoms with Crippen LogP contribution in [0.5, 0.6) is 0 Å². The van der Waals surface area contributed by atoms with Crippen molar-refractivity contribution >= 4 is 28.9 Å². The average molecular weight is 479 g/mol. The van der Waals surface area contributed by atoms with Gasteiger partial charge in [-0.3, -0.25) is 4.90 Å². The van der Waals surface area contributed by atoms with Crippen molar-refractivity contribution < 1.29 is 18.1 Å². The Kier molecular flexibility index (Phi) is 5.59. The minimum atomic E-state index is -0.807. The molecule has 0 fully saturated rings. The van der Waals surface area contributed by atoms with E-state index in [4.69, 9.17) is 16.1 Å². The molecule has 1 unspecified atom stereocenters. The summed E-state index contributed by atoms with van der Waals surface area (Å²) >= 11 is 6.20. The summed E-state index contributed by atoms with van der Waals surface area (Å²) in [4.78, 5) is 18.9. The van der Waals surface area contributed by atoms with Gasteiger partial charge in [0.05, 0.1) is 17.3 Å². The molecular weight excluding hydrogens is 462 g/mol. The van der Waals surface area contributed by atoms with Crippen LogP contribution >= 0.6 is 11.6 Å². The number of anilines is 1. The fraction of sp³-hybridized carbons (Fsp3) is 0.0800. The number of nitrogens with one attached hydrogen (secondary N) is 1. The Morgan fingerprint density at radius 2 is 1.74 bits per heavy atom. The van der Waals surface area contributed by atoms with Crippen molar-refractivity contribution in [2.24, 2.45) is 0 Å². The molecule has 0 bridgehead atoms. The Morgan fingerprint density at radius 3 is 2.44 bits per heavy atom. The lowest BCUT2D eigenvalue weighted by Gasteiger charge is -2.35. The molecule has 4 aromatic rings. The Balaban J connectivity index is 1.68. The number of hydrogen-bond donors (Lipinski definition) is 1. The summed E-state index contributed by atoms with van der Waals surface area (Å²) < 4.78 is 33.5. The van der Waals surface area contributed by atoms with Gasteiger partial charge in [0.25, 0.3) is 5.89 Å². The Bertz CT molecular complexity index is 1400. The number of rotatable bonds is 4. The van der Waals surface area contributed by atoms with E-state index in [1.54, 1.807) is 31.2 Å². The molecule has 1 aromatic heterocycles. The minimum Gasteiger partial charge on any atom is -0.334 e. The lowest BCUT2D eigenvalue weighted by Crippen LogP contribution is -2.46. The van der Waals surface area contributed by atoms with Crippen LogP contribution in [0.25, 0.3) is 17.0 Å². The molecule has 0 aliphatic carbocycles. The molecule has 0 saturated carbocycles. The number of amides is 2. The van der Waals surface area contributed by atoms with Gasteiger partial charge >= 0.3 is 6.03 Å². The topological polar surface area (TPSA) is 71.3 Å². The summed E-state index contributed by atoms with van der Waals surface area (Å²) in [6, 6.07) is 17.9. The number of urea groups is 1. The van der Waals surface area contributed by atoms with E-state index in [0.717, 1.165) is 23.8 Å². The third kappa shape index (κ3) is 4.04. The average Bonchev–Trinajstić information content (AvgIpc) is 3.28. The van der Waals surface area contributed by atoms with Gasteiger partial charge in [-0.15, -0.1) is 0 Å². The highest BCUT2D eigenvalue weighted by molar-refractivity contribution is 6.30. The number of carbonyl (C=O) groups excluding carboxylic acids is 1. The Labute approximate surface area is 198 Å². The summed E-state index contributed by atoms with van der Waals surface area (Å²) in [7, 11) is 0. The molecule has 5 rings (SSSR count). The molecule has 34 heavy (non-hydrogen) atoms. The second kappa shape index (κ2) is 8.72. The van der Waals surface area contributed by atoms with E-state index in [9.17, 15) is 13.6 Å². The molecule has 2 amide bonds. The zero-order valence-electron chi connectivity index (χ0n) is 17.8. The normalized spacial score (nSPS) is 16.1. The van der Waals surface area contributed by atoms with Gasteiger partial charge in [-0.25, -0.2) is 13.6 Å². The van der Waals surface area contributed by atoms with Gasteiger partial charge in [-0.1, -0.05) is 59.2 Å². The fourth-order valence-corrected chi connectivity index (χ4v) is 4.17. The van der Waals surface area contributed by atoms with Gasteiger partial charge in [-0.2, -0.15) is 4.98 Å². The zero-order chi connectivity index (χ0) is 23.8. The molecule has 1 atom stereocenters. The molecule has 0 radical (unpaired) electrons. The summed E-state index contributed by atoms with van der Waals surface area (Å²) in [5, 5.41) is 7.44. The highest BCUT2D eigenvalue weighted by Gasteiger charge is 2.37. The number of carbonyl (C=O) groups is 1. The summed E-state index contributed by atoms with van der Waals surface area (Å²) in [5.74, 6) is -1.10. The fourth-order valence-electron chi connectivity index (χ4n) is 3.97. The summed E-state index contributed by atoms with van der Waals surface area (Å²) in [6.45, 7) is 1.65. The third-order valence-electron chi connectivity index (χ3n) is 5.46. The lowest BCUT2D eigenvalue weighted by atomic mass is 9.94. The third-order valence-corrected chi connectivity index (χ3v) is 5.70. The van der Waals surface area contributed by atoms with E-state index in [2.05, 4.69) is 15.5 Å². The van der Waals surface area contributed by atoms with E-state index in [0.29, 0.717) is 27.7 Å². The molecule has 2 heterocycles. The largest absolute Gasteiger partial charge is 0.334 e. The van der Waals surface area contributed by atoms with E-state index in [1.165, 1.54) is 4.90 Å². The quantitative estimate of drug-likeness (QED) is 0.370. The van der Waals surface area contributed by atoms with Crippen molar-refractivity contribution in [3.05, 3.63) is 107 Å². The molecular formula is C25H17ClF2N4O2. The zero-order valence-corrected chi connectivity index (χ0v) is 18.6. The standard InChI is InChI=1S/C25H17ClF2N4O2/c1-14-21(24-30-23(31-34-24)15-6-3-2-4-7-15)22(16-8-5-9-17(26)10-16)29-25(33)32(14)20-12-18(27)11-19(28)13-20/h2-13,22H,1H3,(H,29,33). The summed E-state index contributed by atoms with van der Waals surface area (Å²) in [5.41, 5.74) is 2.30. The first-order valence-electron chi connectivity index (χ1n) is 10.3. The lowest BCUT2D eigenvalue weighted by molar-refractivity contribution is 0.244. The molecule has 1 aliphatic heterocycles. The maximum atomic E-state index is 14.0. The van der Waals surface area contributed by atoms with E-state index < -0.39 is 23.7 Å². The Hall–Kier alpha value is -4.04. The molecule has 6 nitrogen and oxygen atoms in total. The van der Waals surface area contributed by atoms with Gasteiger partial charge < -0.3 is 9.84 Å². The van der Waals surface area contributed by atoms with Crippen molar-refractivity contribution in [2.75, 3.05) is 4.90 Å². The number of nitrogens with zero attached hydrogens (tertiary/aromatic N) is 3. The predicted octanol–water partition coefficient (Wildman–Crippen LogP) is 6.37. The molecule has 0 spiro atoms. The van der Waals surface area contributed by atoms with Crippen molar-refractivity contribution in [3.63, 3.8) is 0 Å². The van der Waals surface area contributed by atoms with Crippen LogP contribution in [-0.2, 0) is 0 Å². The second-order valence-electron chi connectivity index (χ2n) is 7.69. The van der Waals surface area contributed by atoms with E-state index >= 15 is 0 Å². The molecule has 9 heteroatoms. The van der Waals surface area contributed by atoms with E-state index in [1.807, 2.05) is 30.3 Å². The van der Waals surface area contributed by atoms with Gasteiger partial charge in [0.2, 0.25) is 5.82 Å². The molecule has 3 aromatic carbocycles. The van der Waals surface area contributed by atoms with Gasteiger partial charge in [-0.05, 0) is 36.8 Å². The van der Waals surface area contributed by atoms with Crippen molar-refractivity contribution in [3.8, 4) is 11.4 Å². The molecule has 1 aliphatic rings. The van der Waals surface area contributed by atoms with Crippen LogP contribution in [0.2, 0.25) is 5.02 Å². The van der Waals surface area contributed by atoms with Crippen LogP contribution in [0.15, 0.2) is 83.0 Å². The number of aromatic nitrogens is 2. The van der Waals surface area contributed by atoms with Crippen LogP contribution in [-0.4, -0.2) is 16.2 Å². The van der Waals surface area contributed by atoms with Crippen LogP contribution in [0.3, 0.4) is 0 Å². The monoisotopic (exact) mass is 478 g/mol. The highest BCUT2D eigenvalue weighted by Crippen LogP contribution is 2.39. The predicted molar refractivity (Wildman–Crippen MR) is 124 cm³/mol. The van der Waals surface area contributed by atoms with Crippen molar-refractivity contribution in [1.29, 1.82) is 0 Å². The maximum Gasteiger partial charge on any atom is 0.327 e. The van der Waals surface area contributed by atoms with Crippen LogP contribution < -0.4 is 10.2 Å². The number of halogens is 3. The van der Waals surface area contributed by atoms with Crippen LogP contribution in [0.1, 0.15) is 24.4 Å². The van der Waals surface area contributed by atoms with Gasteiger partial charge in [0.1, 0.15) is 11.6 Å². The van der Waals surface area contributed by atoms with Gasteiger partial charge in [0, 0.05) is 22.3 Å². The molecule has 170 valence electrons. The first-order valence-corrected chi connectivity index (χ1v) is 10.7. The van der Waals surface area contributed by atoms with Crippen LogP contribution in [0, 0.1) is 11.6 Å². The Morgan fingerprint density at radius 1 is 1.00 bits per heavy atom. The molecule has 1 N–H and O–H groups in total. The van der Waals surface area contributed by atoms with E-state index in [-0.39, 0.29) is 11.6 Å². The van der Waals surface area contributed by atoms with Crippen molar-refractivity contribution in [2.45, 2.75) is 13.0 Å². The smallest absolute Gasteiger partial charge is 0.327 e. The maximum absolute atomic E-state index is 14.0. The summed E-state index contributed by atoms with van der Waals surface area (Å²) in [6.07, 6.45) is 0. The second-order valence-corrected chi connectivity index (χ2v) is 8.13. The minimum absolute atomic E-state index is 0.0253. The first kappa shape index (κ1) is 21.8. The SMILES string of the molecule is CC1=C(c2nc(-c3ccccc3)no2)C(c2cccc(Cl)c2)NC(=O)N1c1cc(F)cc(F)c1. The number of allylic oxidation sites excluding steroid dienone is 1. The first-order chi connectivity index (χ1) is 16.4. The van der Waals surface area contributed by atoms with Gasteiger partial charge in [0.15, 0.2) is 0 Å². The number of hydrogen-bond acceptors (Lipinski definition) is 4. The van der Waals surface area contributed by atoms with Crippen LogP contribution in [0.4, 0.5) is 19.3 Å². The number of benzene rings is 3.